The van der Waals surface area contributed by atoms with E-state index in [1.165, 1.54) is 0 Å². The van der Waals surface area contributed by atoms with Gasteiger partial charge in [-0.05, 0) is 31.2 Å². The highest BCUT2D eigenvalue weighted by atomic mass is 16.5. The van der Waals surface area contributed by atoms with Crippen LogP contribution in [0.15, 0.2) is 45.4 Å². The summed E-state index contributed by atoms with van der Waals surface area (Å²) in [6.45, 7) is 2.00. The predicted molar refractivity (Wildman–Crippen MR) is 82.2 cm³/mol. The first-order chi connectivity index (χ1) is 11.2. The van der Waals surface area contributed by atoms with E-state index in [9.17, 15) is 5.11 Å². The summed E-state index contributed by atoms with van der Waals surface area (Å²) in [6.07, 6.45) is 1.57. The maximum Gasteiger partial charge on any atom is 0.263 e. The van der Waals surface area contributed by atoms with Crippen LogP contribution in [0.3, 0.4) is 0 Å². The Balaban J connectivity index is 1.73. The molecule has 0 radical (unpaired) electrons. The molecule has 0 aliphatic carbocycles. The number of aromatic nitrogens is 1. The van der Waals surface area contributed by atoms with Crippen molar-refractivity contribution in [3.63, 3.8) is 0 Å². The fourth-order valence-electron chi connectivity index (χ4n) is 2.16. The van der Waals surface area contributed by atoms with E-state index in [-0.39, 0.29) is 13.2 Å². The number of benzene rings is 1. The number of aliphatic hydroxyl groups is 1. The van der Waals surface area contributed by atoms with Crippen molar-refractivity contribution in [2.24, 2.45) is 0 Å². The Morgan fingerprint density at radius 1 is 1.26 bits per heavy atom. The van der Waals surface area contributed by atoms with Crippen LogP contribution in [0, 0.1) is 6.92 Å². The van der Waals surface area contributed by atoms with Gasteiger partial charge in [0.1, 0.15) is 29.6 Å². The van der Waals surface area contributed by atoms with Crippen LogP contribution < -0.4 is 9.47 Å². The van der Waals surface area contributed by atoms with Gasteiger partial charge in [0, 0.05) is 11.6 Å². The Morgan fingerprint density at radius 3 is 2.83 bits per heavy atom. The molecule has 120 valence electrons. The first kappa shape index (κ1) is 15.2. The molecule has 3 rings (SSSR count). The molecule has 2 heterocycles. The van der Waals surface area contributed by atoms with Gasteiger partial charge >= 0.3 is 0 Å². The van der Waals surface area contributed by atoms with Crippen LogP contribution in [0.4, 0.5) is 0 Å². The third kappa shape index (κ3) is 3.22. The first-order valence-corrected chi connectivity index (χ1v) is 7.12. The van der Waals surface area contributed by atoms with Crippen LogP contribution in [0.2, 0.25) is 0 Å². The van der Waals surface area contributed by atoms with Crippen molar-refractivity contribution < 1.29 is 23.4 Å². The minimum atomic E-state index is -0.0850. The largest absolute Gasteiger partial charge is 0.496 e. The molecule has 1 N–H and O–H groups in total. The molecule has 0 saturated heterocycles. The zero-order valence-corrected chi connectivity index (χ0v) is 12.9. The fraction of sp³-hybridized carbons (Fsp3) is 0.235. The molecular weight excluding hydrogens is 298 g/mol. The van der Waals surface area contributed by atoms with E-state index in [1.54, 1.807) is 43.7 Å². The lowest BCUT2D eigenvalue weighted by Crippen LogP contribution is -1.99. The quantitative estimate of drug-likeness (QED) is 0.752. The zero-order chi connectivity index (χ0) is 16.2. The summed E-state index contributed by atoms with van der Waals surface area (Å²) in [5.74, 6) is 2.89. The molecule has 0 aliphatic heterocycles. The highest BCUT2D eigenvalue weighted by Gasteiger charge is 2.14. The molecule has 6 heteroatoms. The second-order valence-corrected chi connectivity index (χ2v) is 4.92. The van der Waals surface area contributed by atoms with E-state index in [2.05, 4.69) is 4.98 Å². The Morgan fingerprint density at radius 2 is 2.13 bits per heavy atom. The summed E-state index contributed by atoms with van der Waals surface area (Å²) in [5.41, 5.74) is 1.40. The Bertz CT molecular complexity index is 776. The number of ether oxygens (including phenoxy) is 2. The molecule has 3 aromatic rings. The van der Waals surface area contributed by atoms with Crippen LogP contribution in [-0.4, -0.2) is 17.2 Å². The van der Waals surface area contributed by atoms with Gasteiger partial charge in [-0.15, -0.1) is 0 Å². The molecule has 0 amide bonds. The molecule has 23 heavy (non-hydrogen) atoms. The van der Waals surface area contributed by atoms with Crippen LogP contribution in [-0.2, 0) is 13.2 Å². The smallest absolute Gasteiger partial charge is 0.263 e. The lowest BCUT2D eigenvalue weighted by atomic mass is 10.2. The topological polar surface area (TPSA) is 77.9 Å². The van der Waals surface area contributed by atoms with Gasteiger partial charge in [-0.3, -0.25) is 0 Å². The monoisotopic (exact) mass is 315 g/mol. The standard InChI is InChI=1S/C17H17NO5/c1-11-14(18-17(23-11)15-4-3-7-21-15)10-22-13-6-5-12(9-19)16(8-13)20-2/h3-8,19H,9-10H2,1-2H3. The van der Waals surface area contributed by atoms with Crippen molar-refractivity contribution in [2.45, 2.75) is 20.1 Å². The highest BCUT2D eigenvalue weighted by Crippen LogP contribution is 2.26. The molecule has 1 aromatic carbocycles. The summed E-state index contributed by atoms with van der Waals surface area (Å²) in [7, 11) is 1.55. The second kappa shape index (κ2) is 6.58. The van der Waals surface area contributed by atoms with Gasteiger partial charge in [0.25, 0.3) is 5.89 Å². The van der Waals surface area contributed by atoms with Crippen molar-refractivity contribution in [3.05, 3.63) is 53.6 Å². The van der Waals surface area contributed by atoms with Crippen molar-refractivity contribution >= 4 is 0 Å². The lowest BCUT2D eigenvalue weighted by molar-refractivity contribution is 0.271. The summed E-state index contributed by atoms with van der Waals surface area (Å²) in [4.78, 5) is 4.39. The summed E-state index contributed by atoms with van der Waals surface area (Å²) >= 11 is 0. The third-order valence-electron chi connectivity index (χ3n) is 3.43. The van der Waals surface area contributed by atoms with E-state index in [0.717, 1.165) is 0 Å². The van der Waals surface area contributed by atoms with Gasteiger partial charge in [0.15, 0.2) is 5.76 Å². The van der Waals surface area contributed by atoms with Gasteiger partial charge in [0.05, 0.1) is 20.0 Å². The summed E-state index contributed by atoms with van der Waals surface area (Å²) in [6, 6.07) is 8.83. The minimum Gasteiger partial charge on any atom is -0.496 e. The van der Waals surface area contributed by atoms with Gasteiger partial charge in [-0.1, -0.05) is 0 Å². The second-order valence-electron chi connectivity index (χ2n) is 4.92. The molecule has 0 aliphatic rings. The number of methoxy groups -OCH3 is 1. The molecule has 6 nitrogen and oxygen atoms in total. The van der Waals surface area contributed by atoms with Gasteiger partial charge in [-0.2, -0.15) is 0 Å². The summed E-state index contributed by atoms with van der Waals surface area (Å²) < 4.78 is 21.8. The molecule has 0 fully saturated rings. The van der Waals surface area contributed by atoms with E-state index >= 15 is 0 Å². The predicted octanol–water partition coefficient (Wildman–Crippen LogP) is 3.32. The molecule has 0 unspecified atom stereocenters. The molecule has 0 spiro atoms. The molecular formula is C17H17NO5. The number of rotatable bonds is 6. The molecule has 0 saturated carbocycles. The SMILES string of the molecule is COc1cc(OCc2nc(-c3ccco3)oc2C)ccc1CO. The third-order valence-corrected chi connectivity index (χ3v) is 3.43. The lowest BCUT2D eigenvalue weighted by Gasteiger charge is -2.09. The van der Waals surface area contributed by atoms with Gasteiger partial charge < -0.3 is 23.4 Å². The number of nitrogens with zero attached hydrogens (tertiary/aromatic N) is 1. The number of oxazole rings is 1. The van der Waals surface area contributed by atoms with Crippen molar-refractivity contribution in [2.75, 3.05) is 7.11 Å². The maximum absolute atomic E-state index is 9.23. The van der Waals surface area contributed by atoms with E-state index in [4.69, 9.17) is 18.3 Å². The molecule has 2 aromatic heterocycles. The van der Waals surface area contributed by atoms with Crippen LogP contribution in [0.1, 0.15) is 17.0 Å². The number of aryl methyl sites for hydroxylation is 1. The maximum atomic E-state index is 9.23. The minimum absolute atomic E-state index is 0.0850. The average Bonchev–Trinajstić information content (AvgIpc) is 3.22. The van der Waals surface area contributed by atoms with Crippen molar-refractivity contribution in [1.82, 2.24) is 4.98 Å². The summed E-state index contributed by atoms with van der Waals surface area (Å²) in [5, 5.41) is 9.23. The van der Waals surface area contributed by atoms with Crippen LogP contribution in [0.5, 0.6) is 11.5 Å². The first-order valence-electron chi connectivity index (χ1n) is 7.12. The highest BCUT2D eigenvalue weighted by molar-refractivity contribution is 5.45. The van der Waals surface area contributed by atoms with Crippen molar-refractivity contribution in [1.29, 1.82) is 0 Å². The van der Waals surface area contributed by atoms with Crippen molar-refractivity contribution in [3.8, 4) is 23.1 Å². The van der Waals surface area contributed by atoms with Crippen LogP contribution >= 0.6 is 0 Å². The number of hydrogen-bond donors (Lipinski definition) is 1. The fourth-order valence-corrected chi connectivity index (χ4v) is 2.16. The Hall–Kier alpha value is -2.73. The Kier molecular flexibility index (Phi) is 4.34. The van der Waals surface area contributed by atoms with Gasteiger partial charge in [-0.25, -0.2) is 4.98 Å². The van der Waals surface area contributed by atoms with Gasteiger partial charge in [0.2, 0.25) is 0 Å². The number of furan rings is 1. The Labute approximate surface area is 133 Å². The zero-order valence-electron chi connectivity index (χ0n) is 12.9. The van der Waals surface area contributed by atoms with E-state index in [1.807, 2.05) is 6.92 Å². The van der Waals surface area contributed by atoms with E-state index in [0.29, 0.717) is 40.2 Å². The molecule has 0 atom stereocenters. The number of aliphatic hydroxyl groups excluding tert-OH is 1. The van der Waals surface area contributed by atoms with E-state index < -0.39 is 0 Å². The molecule has 0 bridgehead atoms. The number of hydrogen-bond acceptors (Lipinski definition) is 6. The average molecular weight is 315 g/mol. The van der Waals surface area contributed by atoms with Crippen LogP contribution in [0.25, 0.3) is 11.7 Å². The normalized spacial score (nSPS) is 10.7.